The highest BCUT2D eigenvalue weighted by atomic mass is 16.6. The summed E-state index contributed by atoms with van der Waals surface area (Å²) in [6, 6.07) is 7.08. The molecule has 1 aromatic rings. The van der Waals surface area contributed by atoms with Gasteiger partial charge in [-0.1, -0.05) is 12.1 Å². The summed E-state index contributed by atoms with van der Waals surface area (Å²) in [6.07, 6.45) is 0.804. The summed E-state index contributed by atoms with van der Waals surface area (Å²) < 4.78 is 0. The maximum Gasteiger partial charge on any atom is 0.269 e. The number of nitro benzene ring substituents is 1. The van der Waals surface area contributed by atoms with Gasteiger partial charge in [0.05, 0.1) is 4.92 Å². The van der Waals surface area contributed by atoms with E-state index in [1.54, 1.807) is 12.1 Å². The Morgan fingerprint density at radius 3 is 2.86 bits per heavy atom. The van der Waals surface area contributed by atoms with Crippen molar-refractivity contribution in [1.29, 1.82) is 0 Å². The lowest BCUT2D eigenvalue weighted by Gasteiger charge is -2.09. The molecule has 0 aliphatic heterocycles. The van der Waals surface area contributed by atoms with E-state index in [1.165, 1.54) is 6.07 Å². The van der Waals surface area contributed by atoms with Crippen molar-refractivity contribution < 1.29 is 4.92 Å². The fourth-order valence-corrected chi connectivity index (χ4v) is 1.25. The number of likely N-dealkylation sites (N-methyl/N-ethyl adjacent to an activating group) is 1. The van der Waals surface area contributed by atoms with Crippen LogP contribution in [-0.2, 0) is 6.42 Å². The molecule has 4 nitrogen and oxygen atoms in total. The van der Waals surface area contributed by atoms with E-state index >= 15 is 0 Å². The van der Waals surface area contributed by atoms with Crippen LogP contribution in [0.3, 0.4) is 0 Å². The molecule has 76 valence electrons. The molecule has 0 radical (unpaired) electrons. The predicted octanol–water partition coefficient (Wildman–Crippen LogP) is 1.75. The predicted molar refractivity (Wildman–Crippen MR) is 55.3 cm³/mol. The van der Waals surface area contributed by atoms with Crippen molar-refractivity contribution in [3.63, 3.8) is 0 Å². The van der Waals surface area contributed by atoms with E-state index < -0.39 is 0 Å². The van der Waals surface area contributed by atoms with Gasteiger partial charge in [-0.2, -0.15) is 0 Å². The van der Waals surface area contributed by atoms with Crippen molar-refractivity contribution in [2.24, 2.45) is 0 Å². The normalized spacial score (nSPS) is 12.4. The minimum atomic E-state index is -0.368. The van der Waals surface area contributed by atoms with E-state index in [9.17, 15) is 10.1 Å². The molecule has 0 heterocycles. The third-order valence-corrected chi connectivity index (χ3v) is 2.16. The molecule has 0 aromatic heterocycles. The highest BCUT2D eigenvalue weighted by Gasteiger charge is 2.07. The van der Waals surface area contributed by atoms with Gasteiger partial charge in [-0.25, -0.2) is 0 Å². The Bertz CT molecular complexity index is 326. The van der Waals surface area contributed by atoms with Crippen LogP contribution in [0.25, 0.3) is 0 Å². The molecule has 4 heteroatoms. The summed E-state index contributed by atoms with van der Waals surface area (Å²) in [5.74, 6) is 0. The Morgan fingerprint density at radius 2 is 2.29 bits per heavy atom. The van der Waals surface area contributed by atoms with Gasteiger partial charge in [0, 0.05) is 18.2 Å². The topological polar surface area (TPSA) is 55.2 Å². The molecule has 0 amide bonds. The zero-order valence-electron chi connectivity index (χ0n) is 8.36. The van der Waals surface area contributed by atoms with Gasteiger partial charge in [-0.3, -0.25) is 10.1 Å². The number of hydrogen-bond donors (Lipinski definition) is 1. The lowest BCUT2D eigenvalue weighted by Crippen LogP contribution is -2.23. The molecule has 1 N–H and O–H groups in total. The number of benzene rings is 1. The summed E-state index contributed by atoms with van der Waals surface area (Å²) in [4.78, 5) is 10.1. The Morgan fingerprint density at radius 1 is 1.57 bits per heavy atom. The molecule has 0 saturated carbocycles. The zero-order valence-corrected chi connectivity index (χ0v) is 8.36. The van der Waals surface area contributed by atoms with Crippen LogP contribution in [0.5, 0.6) is 0 Å². The van der Waals surface area contributed by atoms with Crippen molar-refractivity contribution in [3.05, 3.63) is 39.9 Å². The minimum absolute atomic E-state index is 0.158. The summed E-state index contributed by atoms with van der Waals surface area (Å²) in [5, 5.41) is 13.6. The van der Waals surface area contributed by atoms with Crippen molar-refractivity contribution in [3.8, 4) is 0 Å². The van der Waals surface area contributed by atoms with E-state index in [4.69, 9.17) is 0 Å². The molecule has 0 bridgehead atoms. The van der Waals surface area contributed by atoms with Gasteiger partial charge >= 0.3 is 0 Å². The molecule has 1 aromatic carbocycles. The molecule has 1 rings (SSSR count). The van der Waals surface area contributed by atoms with Crippen LogP contribution >= 0.6 is 0 Å². The van der Waals surface area contributed by atoms with E-state index in [0.717, 1.165) is 12.0 Å². The second-order valence-corrected chi connectivity index (χ2v) is 3.32. The highest BCUT2D eigenvalue weighted by Crippen LogP contribution is 2.14. The molecular weight excluding hydrogens is 180 g/mol. The average Bonchev–Trinajstić information content (AvgIpc) is 2.18. The van der Waals surface area contributed by atoms with E-state index in [0.29, 0.717) is 6.04 Å². The molecule has 0 fully saturated rings. The van der Waals surface area contributed by atoms with Gasteiger partial charge < -0.3 is 5.32 Å². The van der Waals surface area contributed by atoms with Crippen molar-refractivity contribution >= 4 is 5.69 Å². The number of nitrogens with one attached hydrogen (secondary N) is 1. The molecule has 0 aliphatic rings. The van der Waals surface area contributed by atoms with Crippen LogP contribution < -0.4 is 5.32 Å². The minimum Gasteiger partial charge on any atom is -0.317 e. The molecule has 14 heavy (non-hydrogen) atoms. The Hall–Kier alpha value is -1.42. The van der Waals surface area contributed by atoms with Crippen molar-refractivity contribution in [1.82, 2.24) is 5.32 Å². The Balaban J connectivity index is 2.78. The molecule has 0 spiro atoms. The van der Waals surface area contributed by atoms with E-state index in [1.807, 2.05) is 20.0 Å². The molecule has 1 atom stereocenters. The smallest absolute Gasteiger partial charge is 0.269 e. The molecule has 0 unspecified atom stereocenters. The SMILES string of the molecule is CN[C@H](C)Cc1cccc([N+](=O)[O-])c1. The first-order valence-electron chi connectivity index (χ1n) is 4.54. The van der Waals surface area contributed by atoms with Crippen LogP contribution in [-0.4, -0.2) is 18.0 Å². The van der Waals surface area contributed by atoms with Crippen LogP contribution in [0.1, 0.15) is 12.5 Å². The first-order chi connectivity index (χ1) is 6.63. The van der Waals surface area contributed by atoms with Gasteiger partial charge in [-0.15, -0.1) is 0 Å². The van der Waals surface area contributed by atoms with Crippen LogP contribution in [0.4, 0.5) is 5.69 Å². The van der Waals surface area contributed by atoms with Crippen LogP contribution in [0.2, 0.25) is 0 Å². The van der Waals surface area contributed by atoms with Crippen molar-refractivity contribution in [2.45, 2.75) is 19.4 Å². The largest absolute Gasteiger partial charge is 0.317 e. The van der Waals surface area contributed by atoms with E-state index in [2.05, 4.69) is 5.32 Å². The fourth-order valence-electron chi connectivity index (χ4n) is 1.25. The summed E-state index contributed by atoms with van der Waals surface area (Å²) in [6.45, 7) is 2.04. The average molecular weight is 194 g/mol. The number of non-ortho nitro benzene ring substituents is 1. The van der Waals surface area contributed by atoms with Gasteiger partial charge in [0.15, 0.2) is 0 Å². The molecule has 0 saturated heterocycles. The lowest BCUT2D eigenvalue weighted by molar-refractivity contribution is -0.384. The highest BCUT2D eigenvalue weighted by molar-refractivity contribution is 5.34. The number of rotatable bonds is 4. The monoisotopic (exact) mass is 194 g/mol. The maximum absolute atomic E-state index is 10.5. The van der Waals surface area contributed by atoms with Gasteiger partial charge in [0.1, 0.15) is 0 Å². The maximum atomic E-state index is 10.5. The Kier molecular flexibility index (Phi) is 3.59. The Labute approximate surface area is 83.1 Å². The second kappa shape index (κ2) is 4.72. The number of hydrogen-bond acceptors (Lipinski definition) is 3. The second-order valence-electron chi connectivity index (χ2n) is 3.32. The summed E-state index contributed by atoms with van der Waals surface area (Å²) in [5.41, 5.74) is 1.15. The van der Waals surface area contributed by atoms with Crippen LogP contribution in [0, 0.1) is 10.1 Å². The zero-order chi connectivity index (χ0) is 10.6. The van der Waals surface area contributed by atoms with Crippen LogP contribution in [0.15, 0.2) is 24.3 Å². The number of nitrogens with zero attached hydrogens (tertiary/aromatic N) is 1. The summed E-state index contributed by atoms with van der Waals surface area (Å²) >= 11 is 0. The first kappa shape index (κ1) is 10.7. The van der Waals surface area contributed by atoms with Crippen molar-refractivity contribution in [2.75, 3.05) is 7.05 Å². The number of nitro groups is 1. The lowest BCUT2D eigenvalue weighted by atomic mass is 10.1. The molecular formula is C10H14N2O2. The standard InChI is InChI=1S/C10H14N2O2/c1-8(11-2)6-9-4-3-5-10(7-9)12(13)14/h3-5,7-8,11H,6H2,1-2H3/t8-/m1/s1. The molecule has 0 aliphatic carbocycles. The third-order valence-electron chi connectivity index (χ3n) is 2.16. The fraction of sp³-hybridized carbons (Fsp3) is 0.400. The van der Waals surface area contributed by atoms with Gasteiger partial charge in [0.2, 0.25) is 0 Å². The first-order valence-corrected chi connectivity index (χ1v) is 4.54. The van der Waals surface area contributed by atoms with E-state index in [-0.39, 0.29) is 10.6 Å². The summed E-state index contributed by atoms with van der Waals surface area (Å²) in [7, 11) is 1.88. The van der Waals surface area contributed by atoms with Gasteiger partial charge in [0.25, 0.3) is 5.69 Å². The quantitative estimate of drug-likeness (QED) is 0.586. The van der Waals surface area contributed by atoms with Gasteiger partial charge in [-0.05, 0) is 26.0 Å². The third kappa shape index (κ3) is 2.81.